The highest BCUT2D eigenvalue weighted by atomic mass is 19.4. The van der Waals surface area contributed by atoms with Crippen LogP contribution in [-0.2, 0) is 6.54 Å². The number of carbonyl (C=O) groups excluding carboxylic acids is 2. The molecule has 1 aliphatic carbocycles. The number of ether oxygens (including phenoxy) is 1. The Morgan fingerprint density at radius 3 is 2.38 bits per heavy atom. The number of alkyl halides is 3. The van der Waals surface area contributed by atoms with Gasteiger partial charge in [-0.2, -0.15) is 0 Å². The number of carbonyl (C=O) groups is 2. The fourth-order valence-electron chi connectivity index (χ4n) is 4.96. The Bertz CT molecular complexity index is 1340. The highest BCUT2D eigenvalue weighted by molar-refractivity contribution is 5.77. The molecule has 218 valence electrons. The van der Waals surface area contributed by atoms with Gasteiger partial charge in [-0.05, 0) is 25.3 Å². The van der Waals surface area contributed by atoms with E-state index in [0.29, 0.717) is 12.5 Å². The number of hydrogen-bond donors (Lipinski definition) is 3. The van der Waals surface area contributed by atoms with E-state index in [2.05, 4.69) is 20.7 Å². The highest BCUT2D eigenvalue weighted by Gasteiger charge is 2.42. The van der Waals surface area contributed by atoms with Crippen LogP contribution in [0.15, 0.2) is 27.8 Å². The van der Waals surface area contributed by atoms with E-state index in [9.17, 15) is 36.7 Å². The number of anilines is 2. The predicted molar refractivity (Wildman–Crippen MR) is 138 cm³/mol. The molecule has 4 amide bonds. The zero-order valence-corrected chi connectivity index (χ0v) is 22.1. The van der Waals surface area contributed by atoms with Crippen LogP contribution >= 0.6 is 0 Å². The van der Waals surface area contributed by atoms with Gasteiger partial charge >= 0.3 is 18.4 Å². The molecule has 0 aromatic heterocycles. The van der Waals surface area contributed by atoms with Gasteiger partial charge in [0.05, 0.1) is 6.04 Å². The molecule has 11 nitrogen and oxygen atoms in total. The predicted octanol–water partition coefficient (Wildman–Crippen LogP) is 1.95. The van der Waals surface area contributed by atoms with Crippen molar-refractivity contribution in [2.75, 3.05) is 44.4 Å². The van der Waals surface area contributed by atoms with Crippen molar-refractivity contribution in [2.24, 2.45) is 0 Å². The quantitative estimate of drug-likeness (QED) is 0.328. The van der Waals surface area contributed by atoms with Gasteiger partial charge in [-0.25, -0.2) is 14.0 Å². The number of hydrogen-bond acceptors (Lipinski definition) is 7. The van der Waals surface area contributed by atoms with Gasteiger partial charge in [0.2, 0.25) is 0 Å². The summed E-state index contributed by atoms with van der Waals surface area (Å²) in [6, 6.07) is 0.693. The van der Waals surface area contributed by atoms with E-state index >= 15 is 0 Å². The molecule has 2 fully saturated rings. The fourth-order valence-corrected chi connectivity index (χ4v) is 4.96. The van der Waals surface area contributed by atoms with Crippen molar-refractivity contribution in [3.63, 3.8) is 0 Å². The second kappa shape index (κ2) is 11.2. The lowest BCUT2D eigenvalue weighted by Crippen LogP contribution is -2.60. The van der Waals surface area contributed by atoms with Crippen LogP contribution in [0.1, 0.15) is 24.8 Å². The Hall–Kier alpha value is -4.04. The van der Waals surface area contributed by atoms with Crippen LogP contribution in [0.4, 0.5) is 38.5 Å². The van der Waals surface area contributed by atoms with Crippen LogP contribution in [0.2, 0.25) is 0 Å². The van der Waals surface area contributed by atoms with E-state index in [1.165, 1.54) is 16.8 Å². The standard InChI is InChI=1S/C25H30F4N6O5/c1-30-23(38)34-11-14(32-19-20(33(2)3)22(37)21(19)36)8-16(12-34)35(15-5-6-15)24(39)31-10-13-4-7-17(9-18(13)26)40-25(27,28)29/h4,7,9,14-16,32H,5-6,8,10-12H2,1-3H3,(H,30,38)(H,31,39)/t14?,16-/m1/s1. The molecule has 1 unspecified atom stereocenters. The van der Waals surface area contributed by atoms with Crippen molar-refractivity contribution in [1.29, 1.82) is 0 Å². The fraction of sp³-hybridized carbons (Fsp3) is 0.520. The molecule has 1 saturated heterocycles. The van der Waals surface area contributed by atoms with Crippen molar-refractivity contribution in [2.45, 2.75) is 50.3 Å². The van der Waals surface area contributed by atoms with Crippen LogP contribution < -0.4 is 36.4 Å². The topological polar surface area (TPSA) is 123 Å². The molecule has 2 atom stereocenters. The molecule has 2 aromatic rings. The monoisotopic (exact) mass is 570 g/mol. The Morgan fingerprint density at radius 1 is 1.10 bits per heavy atom. The lowest BCUT2D eigenvalue weighted by atomic mass is 9.98. The molecule has 2 aromatic carbocycles. The summed E-state index contributed by atoms with van der Waals surface area (Å²) >= 11 is 0. The molecule has 15 heteroatoms. The Morgan fingerprint density at radius 2 is 1.80 bits per heavy atom. The first-order chi connectivity index (χ1) is 18.8. The van der Waals surface area contributed by atoms with E-state index in [-0.39, 0.29) is 48.6 Å². The Balaban J connectivity index is 1.49. The number of benzene rings is 1. The molecule has 0 spiro atoms. The minimum absolute atomic E-state index is 0.0369. The average molecular weight is 571 g/mol. The van der Waals surface area contributed by atoms with Gasteiger partial charge in [0.1, 0.15) is 22.9 Å². The molecule has 40 heavy (non-hydrogen) atoms. The average Bonchev–Trinajstić information content (AvgIpc) is 3.71. The van der Waals surface area contributed by atoms with Gasteiger partial charge < -0.3 is 35.4 Å². The number of urea groups is 2. The summed E-state index contributed by atoms with van der Waals surface area (Å²) in [6.45, 7) is 0.134. The van der Waals surface area contributed by atoms with Crippen LogP contribution in [0.3, 0.4) is 0 Å². The largest absolute Gasteiger partial charge is 0.573 e. The second-order valence-electron chi connectivity index (χ2n) is 10.1. The maximum absolute atomic E-state index is 14.4. The van der Waals surface area contributed by atoms with Crippen LogP contribution in [-0.4, -0.2) is 80.6 Å². The third-order valence-corrected chi connectivity index (χ3v) is 6.87. The number of nitrogens with one attached hydrogen (secondary N) is 3. The van der Waals surface area contributed by atoms with Crippen molar-refractivity contribution in [1.82, 2.24) is 20.4 Å². The zero-order valence-electron chi connectivity index (χ0n) is 22.1. The van der Waals surface area contributed by atoms with Gasteiger partial charge in [0.15, 0.2) is 0 Å². The van der Waals surface area contributed by atoms with Crippen LogP contribution in [0.25, 0.3) is 0 Å². The number of halogens is 4. The SMILES string of the molecule is CNC(=O)N1CC(Nc2c(N(C)C)c(=O)c2=O)C[C@@H](N(C(=O)NCc2ccc(OC(F)(F)F)cc2F)C2CC2)C1. The molecule has 2 aliphatic rings. The molecule has 0 radical (unpaired) electrons. The second-order valence-corrected chi connectivity index (χ2v) is 10.1. The molecule has 1 heterocycles. The van der Waals surface area contributed by atoms with E-state index in [1.807, 2.05) is 0 Å². The van der Waals surface area contributed by atoms with E-state index in [4.69, 9.17) is 0 Å². The number of nitrogens with zero attached hydrogens (tertiary/aromatic N) is 3. The van der Waals surface area contributed by atoms with Crippen molar-refractivity contribution in [3.8, 4) is 5.75 Å². The minimum Gasteiger partial charge on any atom is -0.406 e. The van der Waals surface area contributed by atoms with Gasteiger partial charge in [-0.15, -0.1) is 13.2 Å². The third-order valence-electron chi connectivity index (χ3n) is 6.87. The maximum Gasteiger partial charge on any atom is 0.573 e. The van der Waals surface area contributed by atoms with Gasteiger partial charge in [-0.3, -0.25) is 9.59 Å². The zero-order chi connectivity index (χ0) is 29.4. The van der Waals surface area contributed by atoms with Crippen molar-refractivity contribution in [3.05, 3.63) is 50.0 Å². The summed E-state index contributed by atoms with van der Waals surface area (Å²) in [6.07, 6.45) is -3.15. The van der Waals surface area contributed by atoms with Crippen molar-refractivity contribution < 1.29 is 31.9 Å². The lowest BCUT2D eigenvalue weighted by molar-refractivity contribution is -0.274. The van der Waals surface area contributed by atoms with Crippen molar-refractivity contribution >= 4 is 23.4 Å². The van der Waals surface area contributed by atoms with Crippen LogP contribution in [0, 0.1) is 5.82 Å². The van der Waals surface area contributed by atoms with E-state index in [0.717, 1.165) is 25.0 Å². The Labute approximate surface area is 226 Å². The summed E-state index contributed by atoms with van der Waals surface area (Å²) in [5.74, 6) is -1.69. The summed E-state index contributed by atoms with van der Waals surface area (Å²) in [5, 5.41) is 8.28. The number of likely N-dealkylation sites (tertiary alicyclic amines) is 1. The lowest BCUT2D eigenvalue weighted by Gasteiger charge is -2.43. The first kappa shape index (κ1) is 29.0. The molecule has 0 bridgehead atoms. The first-order valence-electron chi connectivity index (χ1n) is 12.6. The Kier molecular flexibility index (Phi) is 8.12. The maximum atomic E-state index is 14.4. The summed E-state index contributed by atoms with van der Waals surface area (Å²) < 4.78 is 55.4. The molecule has 1 aliphatic heterocycles. The minimum atomic E-state index is -4.96. The third kappa shape index (κ3) is 6.39. The normalized spacial score (nSPS) is 19.2. The molecule has 4 rings (SSSR count). The molecular weight excluding hydrogens is 540 g/mol. The van der Waals surface area contributed by atoms with E-state index < -0.39 is 46.9 Å². The molecule has 3 N–H and O–H groups in total. The highest BCUT2D eigenvalue weighted by Crippen LogP contribution is 2.33. The van der Waals surface area contributed by atoms with Gasteiger partial charge in [0.25, 0.3) is 10.9 Å². The number of amides is 4. The molecular formula is C25H30F4N6O5. The summed E-state index contributed by atoms with van der Waals surface area (Å²) in [5.41, 5.74) is -0.891. The van der Waals surface area contributed by atoms with Crippen LogP contribution in [0.5, 0.6) is 5.75 Å². The molecule has 1 saturated carbocycles. The first-order valence-corrected chi connectivity index (χ1v) is 12.6. The smallest absolute Gasteiger partial charge is 0.406 e. The number of piperidine rings is 1. The summed E-state index contributed by atoms with van der Waals surface area (Å²) in [7, 11) is 4.75. The number of rotatable bonds is 8. The van der Waals surface area contributed by atoms with Gasteiger partial charge in [-0.1, -0.05) is 6.07 Å². The van der Waals surface area contributed by atoms with Gasteiger partial charge in [0, 0.05) is 64.5 Å². The summed E-state index contributed by atoms with van der Waals surface area (Å²) in [4.78, 5) is 54.8. The van der Waals surface area contributed by atoms with E-state index in [1.54, 1.807) is 19.0 Å².